The van der Waals surface area contributed by atoms with Gasteiger partial charge in [-0.1, -0.05) is 18.2 Å². The summed E-state index contributed by atoms with van der Waals surface area (Å²) in [7, 11) is -0.951. The number of allylic oxidation sites excluding steroid dienone is 1. The number of aryl methyl sites for hydroxylation is 1. The molecular weight excluding hydrogens is 188 g/mol. The van der Waals surface area contributed by atoms with Gasteiger partial charge in [0.15, 0.2) is 0 Å². The van der Waals surface area contributed by atoms with Gasteiger partial charge in [0.2, 0.25) is 9.04 Å². The molecule has 0 aliphatic carbocycles. The predicted molar refractivity (Wildman–Crippen MR) is 64.5 cm³/mol. The van der Waals surface area contributed by atoms with Crippen molar-refractivity contribution in [2.75, 3.05) is 0 Å². The van der Waals surface area contributed by atoms with Gasteiger partial charge < -0.3 is 4.43 Å². The molecule has 0 N–H and O–H groups in total. The van der Waals surface area contributed by atoms with Gasteiger partial charge in [-0.3, -0.25) is 0 Å². The summed E-state index contributed by atoms with van der Waals surface area (Å²) in [6.45, 7) is 8.06. The van der Waals surface area contributed by atoms with Crippen LogP contribution in [0.2, 0.25) is 13.1 Å². The highest BCUT2D eigenvalue weighted by molar-refractivity contribution is 6.49. The monoisotopic (exact) mass is 206 g/mol. The second-order valence-electron chi connectivity index (χ2n) is 3.64. The summed E-state index contributed by atoms with van der Waals surface area (Å²) >= 11 is 0. The van der Waals surface area contributed by atoms with Crippen molar-refractivity contribution in [3.8, 4) is 5.75 Å². The molecule has 0 bridgehead atoms. The normalized spacial score (nSPS) is 10.2. The van der Waals surface area contributed by atoms with E-state index in [0.717, 1.165) is 18.6 Å². The first kappa shape index (κ1) is 11.1. The fourth-order valence-electron chi connectivity index (χ4n) is 1.28. The summed E-state index contributed by atoms with van der Waals surface area (Å²) < 4.78 is 5.69. The van der Waals surface area contributed by atoms with Crippen LogP contribution >= 0.6 is 0 Å². The molecule has 1 rings (SSSR count). The maximum absolute atomic E-state index is 5.69. The average Bonchev–Trinajstić information content (AvgIpc) is 2.16. The van der Waals surface area contributed by atoms with Crippen LogP contribution in [0.3, 0.4) is 0 Å². The van der Waals surface area contributed by atoms with Gasteiger partial charge >= 0.3 is 0 Å². The molecule has 2 heteroatoms. The Labute approximate surface area is 88.1 Å². The molecule has 0 amide bonds. The summed E-state index contributed by atoms with van der Waals surface area (Å²) in [5.41, 5.74) is 1.35. The molecule has 0 aliphatic heterocycles. The summed E-state index contributed by atoms with van der Waals surface area (Å²) in [4.78, 5) is 0. The lowest BCUT2D eigenvalue weighted by molar-refractivity contribution is 0.580. The lowest BCUT2D eigenvalue weighted by atomic mass is 10.1. The second kappa shape index (κ2) is 5.65. The zero-order valence-corrected chi connectivity index (χ0v) is 10.1. The number of benzene rings is 1. The third-order valence-electron chi connectivity index (χ3n) is 1.93. The summed E-state index contributed by atoms with van der Waals surface area (Å²) in [6, 6.07) is 8.39. The van der Waals surface area contributed by atoms with E-state index in [2.05, 4.69) is 43.9 Å². The van der Waals surface area contributed by atoms with E-state index in [1.165, 1.54) is 5.56 Å². The standard InChI is InChI=1S/C12H18OSi/c1-4-5-6-11-7-9-12(10-8-11)13-14(2)3/h4,7-10,14H,1,5-6H2,2-3H3. The summed E-state index contributed by atoms with van der Waals surface area (Å²) in [5, 5.41) is 0. The van der Waals surface area contributed by atoms with Crippen LogP contribution in [0.4, 0.5) is 0 Å². The number of hydrogen-bond donors (Lipinski definition) is 0. The van der Waals surface area contributed by atoms with Crippen LogP contribution in [0, 0.1) is 0 Å². The van der Waals surface area contributed by atoms with Crippen LogP contribution in [0.1, 0.15) is 12.0 Å². The van der Waals surface area contributed by atoms with Crippen molar-refractivity contribution in [1.82, 2.24) is 0 Å². The highest BCUT2D eigenvalue weighted by atomic mass is 28.3. The van der Waals surface area contributed by atoms with E-state index in [1.54, 1.807) is 0 Å². The Kier molecular flexibility index (Phi) is 4.46. The van der Waals surface area contributed by atoms with E-state index in [9.17, 15) is 0 Å². The zero-order valence-electron chi connectivity index (χ0n) is 8.99. The third kappa shape index (κ3) is 3.79. The van der Waals surface area contributed by atoms with Crippen LogP contribution in [0.15, 0.2) is 36.9 Å². The maximum atomic E-state index is 5.69. The fraction of sp³-hybridized carbons (Fsp3) is 0.333. The van der Waals surface area contributed by atoms with Gasteiger partial charge in [-0.2, -0.15) is 0 Å². The minimum atomic E-state index is -0.951. The van der Waals surface area contributed by atoms with Crippen molar-refractivity contribution < 1.29 is 4.43 Å². The van der Waals surface area contributed by atoms with Gasteiger partial charge in [0.25, 0.3) is 0 Å². The topological polar surface area (TPSA) is 9.23 Å². The van der Waals surface area contributed by atoms with E-state index in [0.29, 0.717) is 0 Å². The Morgan fingerprint density at radius 2 is 1.93 bits per heavy atom. The van der Waals surface area contributed by atoms with E-state index < -0.39 is 9.04 Å². The van der Waals surface area contributed by atoms with Crippen molar-refractivity contribution in [3.05, 3.63) is 42.5 Å². The van der Waals surface area contributed by atoms with Crippen molar-refractivity contribution in [2.45, 2.75) is 25.9 Å². The summed E-state index contributed by atoms with van der Waals surface area (Å²) in [5.74, 6) is 1.01. The lowest BCUT2D eigenvalue weighted by Crippen LogP contribution is -2.10. The Hall–Kier alpha value is -1.02. The second-order valence-corrected chi connectivity index (χ2v) is 5.97. The predicted octanol–water partition coefficient (Wildman–Crippen LogP) is 3.17. The van der Waals surface area contributed by atoms with Crippen molar-refractivity contribution >= 4 is 9.04 Å². The molecule has 0 unspecified atom stereocenters. The van der Waals surface area contributed by atoms with Crippen LogP contribution in [0.5, 0.6) is 5.75 Å². The van der Waals surface area contributed by atoms with Gasteiger partial charge in [0.05, 0.1) is 0 Å². The maximum Gasteiger partial charge on any atom is 0.229 e. The first-order valence-corrected chi connectivity index (χ1v) is 7.87. The third-order valence-corrected chi connectivity index (χ3v) is 2.68. The molecular formula is C12H18OSi. The van der Waals surface area contributed by atoms with E-state index >= 15 is 0 Å². The van der Waals surface area contributed by atoms with Gasteiger partial charge in [0, 0.05) is 0 Å². The molecule has 0 saturated carbocycles. The fourth-order valence-corrected chi connectivity index (χ4v) is 1.98. The Morgan fingerprint density at radius 1 is 1.29 bits per heavy atom. The minimum Gasteiger partial charge on any atom is -0.547 e. The SMILES string of the molecule is C=CCCc1ccc(O[SiH](C)C)cc1. The van der Waals surface area contributed by atoms with Crippen LogP contribution in [-0.4, -0.2) is 9.04 Å². The van der Waals surface area contributed by atoms with Gasteiger partial charge in [0.1, 0.15) is 5.75 Å². The summed E-state index contributed by atoms with van der Waals surface area (Å²) in [6.07, 6.45) is 4.06. The molecule has 0 saturated heterocycles. The molecule has 0 aliphatic rings. The smallest absolute Gasteiger partial charge is 0.229 e. The molecule has 0 fully saturated rings. The van der Waals surface area contributed by atoms with Crippen LogP contribution in [0.25, 0.3) is 0 Å². The average molecular weight is 206 g/mol. The lowest BCUT2D eigenvalue weighted by Gasteiger charge is -2.09. The van der Waals surface area contributed by atoms with Crippen LogP contribution < -0.4 is 4.43 Å². The Morgan fingerprint density at radius 3 is 2.43 bits per heavy atom. The van der Waals surface area contributed by atoms with Crippen LogP contribution in [-0.2, 0) is 6.42 Å². The minimum absolute atomic E-state index is 0.951. The van der Waals surface area contributed by atoms with Gasteiger partial charge in [-0.05, 0) is 43.6 Å². The molecule has 0 radical (unpaired) electrons. The molecule has 0 heterocycles. The Balaban J connectivity index is 2.54. The van der Waals surface area contributed by atoms with E-state index in [-0.39, 0.29) is 0 Å². The molecule has 1 aromatic rings. The first-order chi connectivity index (χ1) is 6.72. The highest BCUT2D eigenvalue weighted by Gasteiger charge is 1.98. The number of hydrogen-bond acceptors (Lipinski definition) is 1. The first-order valence-electron chi connectivity index (χ1n) is 5.09. The molecule has 0 spiro atoms. The van der Waals surface area contributed by atoms with Gasteiger partial charge in [-0.15, -0.1) is 6.58 Å². The van der Waals surface area contributed by atoms with Crippen molar-refractivity contribution in [2.24, 2.45) is 0 Å². The van der Waals surface area contributed by atoms with E-state index in [1.807, 2.05) is 6.08 Å². The highest BCUT2D eigenvalue weighted by Crippen LogP contribution is 2.14. The zero-order chi connectivity index (χ0) is 10.4. The Bertz CT molecular complexity index is 277. The molecule has 0 aromatic heterocycles. The molecule has 0 atom stereocenters. The van der Waals surface area contributed by atoms with Gasteiger partial charge in [-0.25, -0.2) is 0 Å². The quantitative estimate of drug-likeness (QED) is 0.531. The molecule has 1 aromatic carbocycles. The van der Waals surface area contributed by atoms with Crippen molar-refractivity contribution in [3.63, 3.8) is 0 Å². The molecule has 1 nitrogen and oxygen atoms in total. The molecule has 14 heavy (non-hydrogen) atoms. The number of rotatable bonds is 5. The van der Waals surface area contributed by atoms with E-state index in [4.69, 9.17) is 4.43 Å². The molecule has 76 valence electrons. The van der Waals surface area contributed by atoms with Crippen molar-refractivity contribution in [1.29, 1.82) is 0 Å². The largest absolute Gasteiger partial charge is 0.547 e.